The van der Waals surface area contributed by atoms with Gasteiger partial charge in [0.05, 0.1) is 5.56 Å². The van der Waals surface area contributed by atoms with Crippen molar-refractivity contribution in [1.29, 1.82) is 0 Å². The van der Waals surface area contributed by atoms with Crippen molar-refractivity contribution in [2.45, 2.75) is 24.8 Å². The highest BCUT2D eigenvalue weighted by atomic mass is 32.2. The number of hydrogen-bond acceptors (Lipinski definition) is 5. The minimum absolute atomic E-state index is 0.0470. The molecule has 2 aromatic carbocycles. The Hall–Kier alpha value is -3.00. The monoisotopic (exact) mass is 372 g/mol. The van der Waals surface area contributed by atoms with Crippen LogP contribution in [0, 0.1) is 0 Å². The zero-order valence-electron chi connectivity index (χ0n) is 14.1. The van der Waals surface area contributed by atoms with Crippen LogP contribution in [-0.2, 0) is 14.8 Å². The number of hydrogen-bond donors (Lipinski definition) is 1. The van der Waals surface area contributed by atoms with Gasteiger partial charge >= 0.3 is 0 Å². The van der Waals surface area contributed by atoms with E-state index in [2.05, 4.69) is 5.32 Å². The lowest BCUT2D eigenvalue weighted by Gasteiger charge is -2.22. The van der Waals surface area contributed by atoms with Crippen LogP contribution in [0.25, 0.3) is 0 Å². The van der Waals surface area contributed by atoms with Crippen LogP contribution in [0.3, 0.4) is 0 Å². The van der Waals surface area contributed by atoms with Gasteiger partial charge in [-0.2, -0.15) is 0 Å². The summed E-state index contributed by atoms with van der Waals surface area (Å²) in [6.45, 7) is 2.74. The van der Waals surface area contributed by atoms with Gasteiger partial charge in [-0.15, -0.1) is 0 Å². The third-order valence-electron chi connectivity index (χ3n) is 4.12. The number of benzene rings is 2. The quantitative estimate of drug-likeness (QED) is 0.828. The molecule has 1 aliphatic rings. The van der Waals surface area contributed by atoms with Gasteiger partial charge in [0.1, 0.15) is 10.9 Å². The number of nitrogens with one attached hydrogen (secondary N) is 1. The molecule has 0 fully saturated rings. The molecule has 0 spiro atoms. The van der Waals surface area contributed by atoms with E-state index in [0.29, 0.717) is 15.6 Å². The summed E-state index contributed by atoms with van der Waals surface area (Å²) in [6, 6.07) is 10.9. The van der Waals surface area contributed by atoms with Gasteiger partial charge in [-0.3, -0.25) is 14.4 Å². The number of rotatable bonds is 4. The summed E-state index contributed by atoms with van der Waals surface area (Å²) in [5, 5.41) is 2.55. The van der Waals surface area contributed by atoms with Crippen molar-refractivity contribution in [1.82, 2.24) is 4.31 Å². The molecular weight excluding hydrogens is 356 g/mol. The standard InChI is InChI=1S/C18H16N2O5S/c1-11(17(22)19-14-7-5-6-13(10-14)12(2)21)20-18(23)15-8-3-4-9-16(15)26(20,24)25/h3-11H,1-2H3,(H,19,22)/t11-/m1/s1. The Balaban J connectivity index is 1.87. The number of amides is 2. The van der Waals surface area contributed by atoms with Gasteiger partial charge in [0.2, 0.25) is 5.91 Å². The SMILES string of the molecule is CC(=O)c1cccc(NC(=O)[C@@H](C)N2C(=O)c3ccccc3S2(=O)=O)c1. The van der Waals surface area contributed by atoms with E-state index in [-0.39, 0.29) is 16.2 Å². The lowest BCUT2D eigenvalue weighted by molar-refractivity contribution is -0.118. The van der Waals surface area contributed by atoms with Crippen molar-refractivity contribution in [3.05, 3.63) is 59.7 Å². The summed E-state index contributed by atoms with van der Waals surface area (Å²) < 4.78 is 25.8. The van der Waals surface area contributed by atoms with Crippen molar-refractivity contribution in [3.63, 3.8) is 0 Å². The molecule has 0 saturated heterocycles. The number of fused-ring (bicyclic) bond motifs is 1. The number of ketones is 1. The molecule has 1 aliphatic heterocycles. The van der Waals surface area contributed by atoms with Gasteiger partial charge in [-0.1, -0.05) is 24.3 Å². The normalized spacial score (nSPS) is 16.1. The maximum absolute atomic E-state index is 12.6. The second-order valence-electron chi connectivity index (χ2n) is 5.90. The van der Waals surface area contributed by atoms with Crippen molar-refractivity contribution < 1.29 is 22.8 Å². The molecule has 7 nitrogen and oxygen atoms in total. The molecule has 0 aliphatic carbocycles. The van der Waals surface area contributed by atoms with Gasteiger partial charge in [0.15, 0.2) is 5.78 Å². The summed E-state index contributed by atoms with van der Waals surface area (Å²) in [6.07, 6.45) is 0. The molecule has 8 heteroatoms. The van der Waals surface area contributed by atoms with E-state index in [1.54, 1.807) is 24.3 Å². The smallest absolute Gasteiger partial charge is 0.269 e. The van der Waals surface area contributed by atoms with Crippen LogP contribution >= 0.6 is 0 Å². The van der Waals surface area contributed by atoms with E-state index in [9.17, 15) is 22.8 Å². The molecular formula is C18H16N2O5S. The summed E-state index contributed by atoms with van der Waals surface area (Å²) in [4.78, 5) is 36.3. The average Bonchev–Trinajstić information content (AvgIpc) is 2.81. The van der Waals surface area contributed by atoms with Crippen molar-refractivity contribution >= 4 is 33.3 Å². The topological polar surface area (TPSA) is 101 Å². The Morgan fingerprint density at radius 2 is 1.77 bits per heavy atom. The largest absolute Gasteiger partial charge is 0.324 e. The molecule has 0 unspecified atom stereocenters. The maximum Gasteiger partial charge on any atom is 0.269 e. The Labute approximate surface area is 150 Å². The number of carbonyl (C=O) groups excluding carboxylic acids is 3. The van der Waals surface area contributed by atoms with E-state index in [1.165, 1.54) is 38.1 Å². The third-order valence-corrected chi connectivity index (χ3v) is 6.03. The highest BCUT2D eigenvalue weighted by Gasteiger charge is 2.45. The number of sulfonamides is 1. The van der Waals surface area contributed by atoms with E-state index in [1.807, 2.05) is 0 Å². The first-order valence-corrected chi connectivity index (χ1v) is 9.27. The average molecular weight is 372 g/mol. The van der Waals surface area contributed by atoms with Crippen LogP contribution in [-0.4, -0.2) is 36.4 Å². The minimum atomic E-state index is -4.08. The molecule has 0 aromatic heterocycles. The molecule has 1 atom stereocenters. The van der Waals surface area contributed by atoms with Crippen LogP contribution in [0.1, 0.15) is 34.6 Å². The molecule has 1 heterocycles. The first kappa shape index (κ1) is 17.8. The van der Waals surface area contributed by atoms with Crippen LogP contribution < -0.4 is 5.32 Å². The number of nitrogens with zero attached hydrogens (tertiary/aromatic N) is 1. The van der Waals surface area contributed by atoms with Crippen molar-refractivity contribution in [2.75, 3.05) is 5.32 Å². The van der Waals surface area contributed by atoms with Gasteiger partial charge < -0.3 is 5.32 Å². The Morgan fingerprint density at radius 1 is 1.08 bits per heavy atom. The number of anilines is 1. The molecule has 0 bridgehead atoms. The van der Waals surface area contributed by atoms with E-state index in [0.717, 1.165) is 0 Å². The Morgan fingerprint density at radius 3 is 2.42 bits per heavy atom. The molecule has 0 saturated carbocycles. The highest BCUT2D eigenvalue weighted by Crippen LogP contribution is 2.31. The summed E-state index contributed by atoms with van der Waals surface area (Å²) in [7, 11) is -4.08. The molecule has 134 valence electrons. The molecule has 3 rings (SSSR count). The summed E-state index contributed by atoms with van der Waals surface area (Å²) >= 11 is 0. The predicted octanol–water partition coefficient (Wildman–Crippen LogP) is 2.06. The third kappa shape index (κ3) is 2.88. The molecule has 2 aromatic rings. The fourth-order valence-electron chi connectivity index (χ4n) is 2.76. The van der Waals surface area contributed by atoms with Crippen molar-refractivity contribution in [3.8, 4) is 0 Å². The van der Waals surface area contributed by atoms with Crippen LogP contribution in [0.15, 0.2) is 53.4 Å². The second-order valence-corrected chi connectivity index (χ2v) is 7.69. The van der Waals surface area contributed by atoms with Gasteiger partial charge in [-0.25, -0.2) is 12.7 Å². The highest BCUT2D eigenvalue weighted by molar-refractivity contribution is 7.90. The maximum atomic E-state index is 12.6. The summed E-state index contributed by atoms with van der Waals surface area (Å²) in [5.74, 6) is -1.57. The number of Topliss-reactive ketones (excluding diaryl/α,β-unsaturated/α-hetero) is 1. The van der Waals surface area contributed by atoms with E-state index in [4.69, 9.17) is 0 Å². The Kier molecular flexibility index (Phi) is 4.37. The van der Waals surface area contributed by atoms with Gasteiger partial charge in [0, 0.05) is 11.3 Å². The zero-order chi connectivity index (χ0) is 19.1. The van der Waals surface area contributed by atoms with Gasteiger partial charge in [-0.05, 0) is 38.1 Å². The van der Waals surface area contributed by atoms with E-state index < -0.39 is 27.9 Å². The molecule has 2 amide bonds. The molecule has 26 heavy (non-hydrogen) atoms. The second kappa shape index (κ2) is 6.38. The van der Waals surface area contributed by atoms with Crippen LogP contribution in [0.5, 0.6) is 0 Å². The lowest BCUT2D eigenvalue weighted by atomic mass is 10.1. The zero-order valence-corrected chi connectivity index (χ0v) is 14.9. The fraction of sp³-hybridized carbons (Fsp3) is 0.167. The number of carbonyl (C=O) groups is 3. The summed E-state index contributed by atoms with van der Waals surface area (Å²) in [5.41, 5.74) is 0.801. The fourth-order valence-corrected chi connectivity index (χ4v) is 4.48. The van der Waals surface area contributed by atoms with Crippen LogP contribution in [0.2, 0.25) is 0 Å². The van der Waals surface area contributed by atoms with Crippen LogP contribution in [0.4, 0.5) is 5.69 Å². The van der Waals surface area contributed by atoms with Crippen molar-refractivity contribution in [2.24, 2.45) is 0 Å². The van der Waals surface area contributed by atoms with E-state index >= 15 is 0 Å². The first-order valence-electron chi connectivity index (χ1n) is 7.83. The molecule has 1 N–H and O–H groups in total. The lowest BCUT2D eigenvalue weighted by Crippen LogP contribution is -2.45. The molecule has 0 radical (unpaired) electrons. The first-order chi connectivity index (χ1) is 12.2. The Bertz CT molecular complexity index is 1030. The van der Waals surface area contributed by atoms with Gasteiger partial charge in [0.25, 0.3) is 15.9 Å². The minimum Gasteiger partial charge on any atom is -0.324 e. The predicted molar refractivity (Wildman–Crippen MR) is 94.3 cm³/mol.